The minimum Gasteiger partial charge on any atom is -0.353 e. The SMILES string of the molecule is O=CNCc1cccc(C(=O)N2CCCC2)n1. The van der Waals surface area contributed by atoms with Crippen LogP contribution in [-0.4, -0.2) is 35.3 Å². The van der Waals surface area contributed by atoms with Crippen molar-refractivity contribution in [1.82, 2.24) is 15.2 Å². The molecular formula is C12H15N3O2. The zero-order chi connectivity index (χ0) is 12.1. The Morgan fingerprint density at radius 3 is 2.88 bits per heavy atom. The van der Waals surface area contributed by atoms with Crippen molar-refractivity contribution in [1.29, 1.82) is 0 Å². The summed E-state index contributed by atoms with van der Waals surface area (Å²) in [6.07, 6.45) is 2.76. The Morgan fingerprint density at radius 1 is 1.41 bits per heavy atom. The monoisotopic (exact) mass is 233 g/mol. The highest BCUT2D eigenvalue weighted by Crippen LogP contribution is 2.11. The van der Waals surface area contributed by atoms with Crippen LogP contribution in [0.15, 0.2) is 18.2 Å². The second-order valence-corrected chi connectivity index (χ2v) is 4.01. The summed E-state index contributed by atoms with van der Waals surface area (Å²) in [5, 5.41) is 2.53. The maximum atomic E-state index is 12.0. The number of carbonyl (C=O) groups excluding carboxylic acids is 2. The lowest BCUT2D eigenvalue weighted by atomic mass is 10.2. The molecule has 2 rings (SSSR count). The zero-order valence-electron chi connectivity index (χ0n) is 9.56. The highest BCUT2D eigenvalue weighted by molar-refractivity contribution is 5.92. The van der Waals surface area contributed by atoms with E-state index in [9.17, 15) is 9.59 Å². The Labute approximate surface area is 99.8 Å². The Kier molecular flexibility index (Phi) is 3.69. The van der Waals surface area contributed by atoms with Gasteiger partial charge in [0.1, 0.15) is 5.69 Å². The van der Waals surface area contributed by atoms with Crippen LogP contribution in [0.5, 0.6) is 0 Å². The lowest BCUT2D eigenvalue weighted by Gasteiger charge is -2.14. The summed E-state index contributed by atoms with van der Waals surface area (Å²) in [5.41, 5.74) is 1.15. The molecule has 0 bridgehead atoms. The lowest BCUT2D eigenvalue weighted by Crippen LogP contribution is -2.28. The molecule has 0 saturated carbocycles. The molecule has 0 unspecified atom stereocenters. The fourth-order valence-corrected chi connectivity index (χ4v) is 1.93. The number of nitrogens with zero attached hydrogens (tertiary/aromatic N) is 2. The summed E-state index contributed by atoms with van der Waals surface area (Å²) in [5.74, 6) is -0.0181. The standard InChI is InChI=1S/C12H15N3O2/c16-9-13-8-10-4-3-5-11(14-10)12(17)15-6-1-2-7-15/h3-5,9H,1-2,6-8H2,(H,13,16). The van der Waals surface area contributed by atoms with Gasteiger partial charge in [-0.25, -0.2) is 4.98 Å². The first kappa shape index (κ1) is 11.6. The van der Waals surface area contributed by atoms with Gasteiger partial charge in [0.05, 0.1) is 12.2 Å². The molecule has 2 heterocycles. The third-order valence-electron chi connectivity index (χ3n) is 2.79. The molecule has 1 fully saturated rings. The van der Waals surface area contributed by atoms with Crippen molar-refractivity contribution in [2.75, 3.05) is 13.1 Å². The number of rotatable bonds is 4. The molecule has 0 aromatic carbocycles. The predicted molar refractivity (Wildman–Crippen MR) is 62.3 cm³/mol. The van der Waals surface area contributed by atoms with Crippen LogP contribution < -0.4 is 5.32 Å². The van der Waals surface area contributed by atoms with E-state index in [0.29, 0.717) is 24.3 Å². The Hall–Kier alpha value is -1.91. The zero-order valence-corrected chi connectivity index (χ0v) is 9.56. The number of nitrogens with one attached hydrogen (secondary N) is 1. The van der Waals surface area contributed by atoms with Crippen molar-refractivity contribution >= 4 is 12.3 Å². The summed E-state index contributed by atoms with van der Waals surface area (Å²) in [4.78, 5) is 28.3. The molecule has 1 aromatic rings. The number of pyridine rings is 1. The van der Waals surface area contributed by atoms with E-state index in [4.69, 9.17) is 0 Å². The molecule has 0 radical (unpaired) electrons. The van der Waals surface area contributed by atoms with E-state index in [1.807, 2.05) is 4.90 Å². The number of carbonyl (C=O) groups is 2. The minimum absolute atomic E-state index is 0.0181. The third-order valence-corrected chi connectivity index (χ3v) is 2.79. The van der Waals surface area contributed by atoms with Crippen molar-refractivity contribution in [2.45, 2.75) is 19.4 Å². The molecule has 0 spiro atoms. The normalized spacial score (nSPS) is 14.7. The van der Waals surface area contributed by atoms with Gasteiger partial charge in [0.25, 0.3) is 5.91 Å². The fraction of sp³-hybridized carbons (Fsp3) is 0.417. The van der Waals surface area contributed by atoms with Crippen LogP contribution in [0.25, 0.3) is 0 Å². The third kappa shape index (κ3) is 2.81. The molecule has 17 heavy (non-hydrogen) atoms. The molecule has 90 valence electrons. The first-order valence-electron chi connectivity index (χ1n) is 5.73. The van der Waals surface area contributed by atoms with Gasteiger partial charge in [-0.15, -0.1) is 0 Å². The van der Waals surface area contributed by atoms with E-state index in [0.717, 1.165) is 25.9 Å². The fourth-order valence-electron chi connectivity index (χ4n) is 1.93. The van der Waals surface area contributed by atoms with E-state index in [1.165, 1.54) is 0 Å². The van der Waals surface area contributed by atoms with Crippen molar-refractivity contribution in [3.05, 3.63) is 29.6 Å². The topological polar surface area (TPSA) is 62.3 Å². The molecule has 0 atom stereocenters. The molecular weight excluding hydrogens is 218 g/mol. The number of aromatic nitrogens is 1. The van der Waals surface area contributed by atoms with Gasteiger partial charge in [-0.2, -0.15) is 0 Å². The molecule has 1 N–H and O–H groups in total. The summed E-state index contributed by atoms with van der Waals surface area (Å²) < 4.78 is 0. The molecule has 2 amide bonds. The molecule has 0 aliphatic carbocycles. The van der Waals surface area contributed by atoms with Crippen LogP contribution >= 0.6 is 0 Å². The number of amides is 2. The summed E-state index contributed by atoms with van der Waals surface area (Å²) in [7, 11) is 0. The van der Waals surface area contributed by atoms with E-state index in [2.05, 4.69) is 10.3 Å². The largest absolute Gasteiger partial charge is 0.353 e. The van der Waals surface area contributed by atoms with E-state index < -0.39 is 0 Å². The molecule has 1 aromatic heterocycles. The smallest absolute Gasteiger partial charge is 0.272 e. The Balaban J connectivity index is 2.08. The number of hydrogen-bond acceptors (Lipinski definition) is 3. The first-order valence-corrected chi connectivity index (χ1v) is 5.73. The molecule has 5 nitrogen and oxygen atoms in total. The molecule has 1 aliphatic rings. The minimum atomic E-state index is -0.0181. The van der Waals surface area contributed by atoms with Gasteiger partial charge in [0, 0.05) is 13.1 Å². The number of hydrogen-bond donors (Lipinski definition) is 1. The van der Waals surface area contributed by atoms with Crippen molar-refractivity contribution in [3.8, 4) is 0 Å². The highest BCUT2D eigenvalue weighted by Gasteiger charge is 2.20. The molecule has 5 heteroatoms. The maximum Gasteiger partial charge on any atom is 0.272 e. The lowest BCUT2D eigenvalue weighted by molar-refractivity contribution is -0.109. The van der Waals surface area contributed by atoms with Crippen LogP contribution in [0.1, 0.15) is 29.0 Å². The molecule has 1 aliphatic heterocycles. The van der Waals surface area contributed by atoms with Crippen molar-refractivity contribution < 1.29 is 9.59 Å². The van der Waals surface area contributed by atoms with Crippen LogP contribution in [-0.2, 0) is 11.3 Å². The average molecular weight is 233 g/mol. The summed E-state index contributed by atoms with van der Waals surface area (Å²) >= 11 is 0. The predicted octanol–water partition coefficient (Wildman–Crippen LogP) is 0.564. The highest BCUT2D eigenvalue weighted by atomic mass is 16.2. The van der Waals surface area contributed by atoms with Gasteiger partial charge in [-0.1, -0.05) is 6.07 Å². The van der Waals surface area contributed by atoms with Gasteiger partial charge >= 0.3 is 0 Å². The molecule has 1 saturated heterocycles. The maximum absolute atomic E-state index is 12.0. The van der Waals surface area contributed by atoms with Crippen LogP contribution in [0, 0.1) is 0 Å². The summed E-state index contributed by atoms with van der Waals surface area (Å²) in [6, 6.07) is 5.29. The second kappa shape index (κ2) is 5.43. The van der Waals surface area contributed by atoms with Gasteiger partial charge < -0.3 is 10.2 Å². The average Bonchev–Trinajstić information content (AvgIpc) is 2.89. The van der Waals surface area contributed by atoms with Gasteiger partial charge in [0.2, 0.25) is 6.41 Å². The van der Waals surface area contributed by atoms with E-state index >= 15 is 0 Å². The van der Waals surface area contributed by atoms with Crippen LogP contribution in [0.4, 0.5) is 0 Å². The Bertz CT molecular complexity index is 414. The Morgan fingerprint density at radius 2 is 2.18 bits per heavy atom. The van der Waals surface area contributed by atoms with Crippen LogP contribution in [0.2, 0.25) is 0 Å². The van der Waals surface area contributed by atoms with Gasteiger partial charge in [-0.05, 0) is 25.0 Å². The van der Waals surface area contributed by atoms with Gasteiger partial charge in [0.15, 0.2) is 0 Å². The quantitative estimate of drug-likeness (QED) is 0.773. The number of likely N-dealkylation sites (tertiary alicyclic amines) is 1. The van der Waals surface area contributed by atoms with E-state index in [-0.39, 0.29) is 5.91 Å². The van der Waals surface area contributed by atoms with Crippen molar-refractivity contribution in [3.63, 3.8) is 0 Å². The van der Waals surface area contributed by atoms with Gasteiger partial charge in [-0.3, -0.25) is 9.59 Å². The van der Waals surface area contributed by atoms with Crippen molar-refractivity contribution in [2.24, 2.45) is 0 Å². The summed E-state index contributed by atoms with van der Waals surface area (Å²) in [6.45, 7) is 1.99. The second-order valence-electron chi connectivity index (χ2n) is 4.01. The first-order chi connectivity index (χ1) is 8.31. The van der Waals surface area contributed by atoms with Crippen LogP contribution in [0.3, 0.4) is 0 Å². The van der Waals surface area contributed by atoms with E-state index in [1.54, 1.807) is 18.2 Å².